The van der Waals surface area contributed by atoms with Crippen molar-refractivity contribution in [2.45, 2.75) is 0 Å². The molecule has 1 aromatic heterocycles. The van der Waals surface area contributed by atoms with Crippen LogP contribution < -0.4 is 10.6 Å². The maximum atomic E-state index is 12.1. The number of thiazole rings is 1. The molecule has 0 atom stereocenters. The highest BCUT2D eigenvalue weighted by Crippen LogP contribution is 2.26. The van der Waals surface area contributed by atoms with Gasteiger partial charge in [0.2, 0.25) is 5.91 Å². The highest BCUT2D eigenvalue weighted by atomic mass is 35.5. The predicted molar refractivity (Wildman–Crippen MR) is 110 cm³/mol. The monoisotopic (exact) mass is 439 g/mol. The summed E-state index contributed by atoms with van der Waals surface area (Å²) >= 11 is 18.9. The number of hydrogen-bond donors (Lipinski definition) is 2. The van der Waals surface area contributed by atoms with Gasteiger partial charge in [-0.05, 0) is 30.3 Å². The lowest BCUT2D eigenvalue weighted by molar-refractivity contribution is -0.115. The van der Waals surface area contributed by atoms with Crippen LogP contribution in [-0.4, -0.2) is 23.3 Å². The van der Waals surface area contributed by atoms with Crippen molar-refractivity contribution in [1.82, 2.24) is 10.3 Å². The maximum Gasteiger partial charge on any atom is 0.253 e. The summed E-state index contributed by atoms with van der Waals surface area (Å²) in [6, 6.07) is 11.7. The van der Waals surface area contributed by atoms with Gasteiger partial charge in [0, 0.05) is 21.0 Å². The van der Waals surface area contributed by atoms with E-state index in [2.05, 4.69) is 15.6 Å². The van der Waals surface area contributed by atoms with Crippen molar-refractivity contribution in [3.8, 4) is 11.3 Å². The van der Waals surface area contributed by atoms with E-state index < -0.39 is 11.8 Å². The molecule has 0 saturated carbocycles. The van der Waals surface area contributed by atoms with Gasteiger partial charge in [0.25, 0.3) is 5.91 Å². The SMILES string of the molecule is O=C(CNC(=O)c1ccc(Cl)cc1Cl)Nc1nc(-c2ccc(Cl)cc2)cs1. The first-order valence-corrected chi connectivity index (χ1v) is 9.68. The number of hydrogen-bond acceptors (Lipinski definition) is 4. The minimum absolute atomic E-state index is 0.215. The average molecular weight is 441 g/mol. The smallest absolute Gasteiger partial charge is 0.253 e. The Bertz CT molecular complexity index is 990. The largest absolute Gasteiger partial charge is 0.343 e. The first kappa shape index (κ1) is 19.6. The van der Waals surface area contributed by atoms with E-state index >= 15 is 0 Å². The van der Waals surface area contributed by atoms with Crippen LogP contribution in [0.5, 0.6) is 0 Å². The fourth-order valence-corrected chi connectivity index (χ4v) is 3.53. The average Bonchev–Trinajstić information content (AvgIpc) is 3.08. The molecule has 5 nitrogen and oxygen atoms in total. The van der Waals surface area contributed by atoms with Gasteiger partial charge in [-0.25, -0.2) is 4.98 Å². The van der Waals surface area contributed by atoms with Gasteiger partial charge in [-0.15, -0.1) is 11.3 Å². The van der Waals surface area contributed by atoms with E-state index in [1.54, 1.807) is 18.2 Å². The molecule has 0 bridgehead atoms. The van der Waals surface area contributed by atoms with Crippen LogP contribution in [0, 0.1) is 0 Å². The summed E-state index contributed by atoms with van der Waals surface area (Å²) in [5, 5.41) is 8.69. The Kier molecular flexibility index (Phi) is 6.34. The molecule has 0 saturated heterocycles. The number of carbonyl (C=O) groups excluding carboxylic acids is 2. The summed E-state index contributed by atoms with van der Waals surface area (Å²) in [5.74, 6) is -0.863. The van der Waals surface area contributed by atoms with Gasteiger partial charge in [-0.3, -0.25) is 9.59 Å². The molecule has 3 aromatic rings. The van der Waals surface area contributed by atoms with E-state index in [-0.39, 0.29) is 17.1 Å². The maximum absolute atomic E-state index is 12.1. The third-order valence-electron chi connectivity index (χ3n) is 3.48. The van der Waals surface area contributed by atoms with Gasteiger partial charge in [0.15, 0.2) is 5.13 Å². The van der Waals surface area contributed by atoms with Crippen LogP contribution in [0.3, 0.4) is 0 Å². The Morgan fingerprint density at radius 3 is 2.41 bits per heavy atom. The molecule has 1 heterocycles. The molecule has 2 aromatic carbocycles. The van der Waals surface area contributed by atoms with E-state index in [4.69, 9.17) is 34.8 Å². The quantitative estimate of drug-likeness (QED) is 0.577. The van der Waals surface area contributed by atoms with Crippen LogP contribution in [0.15, 0.2) is 47.8 Å². The molecule has 2 amide bonds. The zero-order chi connectivity index (χ0) is 19.4. The lowest BCUT2D eigenvalue weighted by atomic mass is 10.2. The summed E-state index contributed by atoms with van der Waals surface area (Å²) in [6.45, 7) is -0.215. The van der Waals surface area contributed by atoms with Gasteiger partial charge >= 0.3 is 0 Å². The van der Waals surface area contributed by atoms with Gasteiger partial charge in [-0.1, -0.05) is 46.9 Å². The molecule has 0 unspecified atom stereocenters. The number of halogens is 3. The Balaban J connectivity index is 1.56. The molecule has 0 fully saturated rings. The Labute approximate surface area is 174 Å². The van der Waals surface area contributed by atoms with Crippen LogP contribution in [0.2, 0.25) is 15.1 Å². The fraction of sp³-hybridized carbons (Fsp3) is 0.0556. The first-order valence-electron chi connectivity index (χ1n) is 7.67. The molecule has 27 heavy (non-hydrogen) atoms. The molecule has 0 aliphatic heterocycles. The normalized spacial score (nSPS) is 10.5. The fourth-order valence-electron chi connectivity index (χ4n) is 2.18. The third-order valence-corrected chi connectivity index (χ3v) is 5.03. The highest BCUT2D eigenvalue weighted by molar-refractivity contribution is 7.14. The number of benzene rings is 2. The Hall–Kier alpha value is -2.12. The number of rotatable bonds is 5. The van der Waals surface area contributed by atoms with Crippen LogP contribution in [-0.2, 0) is 4.79 Å². The number of nitrogens with zero attached hydrogens (tertiary/aromatic N) is 1. The second-order valence-electron chi connectivity index (χ2n) is 5.40. The van der Waals surface area contributed by atoms with E-state index in [0.29, 0.717) is 15.2 Å². The van der Waals surface area contributed by atoms with E-state index in [0.717, 1.165) is 11.3 Å². The zero-order valence-electron chi connectivity index (χ0n) is 13.6. The third kappa shape index (κ3) is 5.20. The second kappa shape index (κ2) is 8.71. The summed E-state index contributed by atoms with van der Waals surface area (Å²) < 4.78 is 0. The summed E-state index contributed by atoms with van der Waals surface area (Å²) in [5.41, 5.74) is 1.86. The molecular weight excluding hydrogens is 429 g/mol. The molecule has 0 radical (unpaired) electrons. The minimum Gasteiger partial charge on any atom is -0.343 e. The van der Waals surface area contributed by atoms with Crippen molar-refractivity contribution in [3.05, 3.63) is 68.5 Å². The minimum atomic E-state index is -0.465. The highest BCUT2D eigenvalue weighted by Gasteiger charge is 2.13. The first-order chi connectivity index (χ1) is 12.9. The van der Waals surface area contributed by atoms with E-state index in [1.807, 2.05) is 17.5 Å². The molecule has 138 valence electrons. The molecule has 2 N–H and O–H groups in total. The summed E-state index contributed by atoms with van der Waals surface area (Å²) in [6.07, 6.45) is 0. The second-order valence-corrected chi connectivity index (χ2v) is 7.54. The molecule has 9 heteroatoms. The van der Waals surface area contributed by atoms with Crippen molar-refractivity contribution < 1.29 is 9.59 Å². The summed E-state index contributed by atoms with van der Waals surface area (Å²) in [4.78, 5) is 28.5. The van der Waals surface area contributed by atoms with Gasteiger partial charge in [-0.2, -0.15) is 0 Å². The van der Waals surface area contributed by atoms with E-state index in [1.165, 1.54) is 23.5 Å². The van der Waals surface area contributed by atoms with Crippen molar-refractivity contribution in [2.75, 3.05) is 11.9 Å². The van der Waals surface area contributed by atoms with Crippen molar-refractivity contribution in [1.29, 1.82) is 0 Å². The number of aromatic nitrogens is 1. The van der Waals surface area contributed by atoms with Crippen molar-refractivity contribution in [2.24, 2.45) is 0 Å². The van der Waals surface area contributed by atoms with Crippen molar-refractivity contribution >= 4 is 63.1 Å². The molecular formula is C18H12Cl3N3O2S. The molecule has 0 aliphatic carbocycles. The number of carbonyl (C=O) groups is 2. The summed E-state index contributed by atoms with van der Waals surface area (Å²) in [7, 11) is 0. The standard InChI is InChI=1S/C18H12Cl3N3O2S/c19-11-3-1-10(2-4-11)15-9-27-18(23-15)24-16(25)8-22-17(26)13-6-5-12(20)7-14(13)21/h1-7,9H,8H2,(H,22,26)(H,23,24,25). The lowest BCUT2D eigenvalue weighted by Crippen LogP contribution is -2.33. The number of anilines is 1. The number of nitrogens with one attached hydrogen (secondary N) is 2. The molecule has 0 aliphatic rings. The van der Waals surface area contributed by atoms with Gasteiger partial charge in [0.05, 0.1) is 22.8 Å². The topological polar surface area (TPSA) is 71.1 Å². The van der Waals surface area contributed by atoms with Crippen LogP contribution in [0.4, 0.5) is 5.13 Å². The van der Waals surface area contributed by atoms with Crippen molar-refractivity contribution in [3.63, 3.8) is 0 Å². The molecule has 0 spiro atoms. The van der Waals surface area contributed by atoms with E-state index in [9.17, 15) is 9.59 Å². The lowest BCUT2D eigenvalue weighted by Gasteiger charge is -2.07. The Morgan fingerprint density at radius 1 is 1.00 bits per heavy atom. The molecule has 3 rings (SSSR count). The predicted octanol–water partition coefficient (Wildman–Crippen LogP) is 5.14. The van der Waals surface area contributed by atoms with Crippen LogP contribution >= 0.6 is 46.1 Å². The van der Waals surface area contributed by atoms with Crippen LogP contribution in [0.25, 0.3) is 11.3 Å². The van der Waals surface area contributed by atoms with Gasteiger partial charge < -0.3 is 10.6 Å². The van der Waals surface area contributed by atoms with Crippen LogP contribution in [0.1, 0.15) is 10.4 Å². The Morgan fingerprint density at radius 2 is 1.70 bits per heavy atom. The van der Waals surface area contributed by atoms with Gasteiger partial charge in [0.1, 0.15) is 0 Å². The number of amides is 2. The zero-order valence-corrected chi connectivity index (χ0v) is 16.7.